The highest BCUT2D eigenvalue weighted by Crippen LogP contribution is 2.39. The highest BCUT2D eigenvalue weighted by Gasteiger charge is 2.25. The second kappa shape index (κ2) is 4.52. The van der Waals surface area contributed by atoms with Crippen LogP contribution < -0.4 is 5.73 Å². The largest absolute Gasteiger partial charge is 0.324 e. The van der Waals surface area contributed by atoms with E-state index >= 15 is 0 Å². The van der Waals surface area contributed by atoms with Crippen molar-refractivity contribution in [2.24, 2.45) is 5.73 Å². The van der Waals surface area contributed by atoms with Gasteiger partial charge >= 0.3 is 0 Å². The number of nitrogens with two attached hydrogens (primary N) is 1. The van der Waals surface area contributed by atoms with E-state index in [1.807, 2.05) is 17.8 Å². The molecule has 3 rings (SSSR count). The first-order valence-corrected chi connectivity index (χ1v) is 7.05. The van der Waals surface area contributed by atoms with Crippen molar-refractivity contribution < 1.29 is 0 Å². The summed E-state index contributed by atoms with van der Waals surface area (Å²) in [7, 11) is 0. The first kappa shape index (κ1) is 11.9. The number of aromatic nitrogens is 2. The van der Waals surface area contributed by atoms with Crippen molar-refractivity contribution in [1.29, 1.82) is 0 Å². The molecular weight excluding hydrogens is 290 g/mol. The Morgan fingerprint density at radius 1 is 1.39 bits per heavy atom. The molecule has 3 nitrogen and oxygen atoms in total. The van der Waals surface area contributed by atoms with Crippen molar-refractivity contribution in [3.63, 3.8) is 0 Å². The molecule has 0 radical (unpaired) electrons. The minimum Gasteiger partial charge on any atom is -0.324 e. The first-order valence-electron chi connectivity index (χ1n) is 6.26. The van der Waals surface area contributed by atoms with Crippen LogP contribution in [0, 0.1) is 0 Å². The van der Waals surface area contributed by atoms with Crippen LogP contribution in [0.2, 0.25) is 0 Å². The summed E-state index contributed by atoms with van der Waals surface area (Å²) in [4.78, 5) is 0. The maximum absolute atomic E-state index is 5.90. The van der Waals surface area contributed by atoms with E-state index < -0.39 is 0 Å². The fourth-order valence-corrected chi connectivity index (χ4v) is 2.83. The van der Waals surface area contributed by atoms with Crippen LogP contribution in [0.4, 0.5) is 0 Å². The zero-order chi connectivity index (χ0) is 12.7. The maximum Gasteiger partial charge on any atom is 0.0659 e. The predicted octanol–water partition coefficient (Wildman–Crippen LogP) is 3.53. The van der Waals surface area contributed by atoms with Gasteiger partial charge < -0.3 is 5.73 Å². The number of halogens is 1. The quantitative estimate of drug-likeness (QED) is 0.942. The monoisotopic (exact) mass is 305 g/mol. The van der Waals surface area contributed by atoms with Crippen molar-refractivity contribution in [2.45, 2.75) is 31.7 Å². The van der Waals surface area contributed by atoms with E-state index in [1.54, 1.807) is 0 Å². The first-order chi connectivity index (χ1) is 8.65. The molecule has 1 aliphatic carbocycles. The molecule has 1 aliphatic rings. The van der Waals surface area contributed by atoms with Crippen LogP contribution in [0.25, 0.3) is 5.69 Å². The van der Waals surface area contributed by atoms with E-state index in [-0.39, 0.29) is 6.04 Å². The van der Waals surface area contributed by atoms with Gasteiger partial charge in [-0.05, 0) is 43.5 Å². The molecule has 1 aromatic heterocycles. The number of hydrogen-bond acceptors (Lipinski definition) is 2. The molecular formula is C14H16BrN3. The van der Waals surface area contributed by atoms with E-state index in [1.165, 1.54) is 18.5 Å². The molecule has 0 spiro atoms. The zero-order valence-corrected chi connectivity index (χ0v) is 11.9. The van der Waals surface area contributed by atoms with Gasteiger partial charge in [0.25, 0.3) is 0 Å². The lowest BCUT2D eigenvalue weighted by Gasteiger charge is -2.10. The molecule has 0 saturated heterocycles. The summed E-state index contributed by atoms with van der Waals surface area (Å²) in [5, 5.41) is 4.62. The Kier molecular flexibility index (Phi) is 2.99. The van der Waals surface area contributed by atoms with Crippen LogP contribution in [0.3, 0.4) is 0 Å². The second-order valence-electron chi connectivity index (χ2n) is 4.95. The maximum atomic E-state index is 5.90. The molecule has 1 fully saturated rings. The third-order valence-corrected chi connectivity index (χ3v) is 4.03. The second-order valence-corrected chi connectivity index (χ2v) is 5.81. The third-order valence-electron chi connectivity index (χ3n) is 3.34. The van der Waals surface area contributed by atoms with Gasteiger partial charge in [-0.1, -0.05) is 22.0 Å². The van der Waals surface area contributed by atoms with Crippen molar-refractivity contribution in [2.75, 3.05) is 0 Å². The Morgan fingerprint density at radius 3 is 2.78 bits per heavy atom. The van der Waals surface area contributed by atoms with Crippen molar-refractivity contribution in [1.82, 2.24) is 9.78 Å². The van der Waals surface area contributed by atoms with E-state index in [2.05, 4.69) is 45.3 Å². The van der Waals surface area contributed by atoms with E-state index in [4.69, 9.17) is 5.73 Å². The molecule has 4 heteroatoms. The number of nitrogens with zero attached hydrogens (tertiary/aromatic N) is 2. The normalized spacial score (nSPS) is 16.8. The van der Waals surface area contributed by atoms with Gasteiger partial charge in [-0.3, -0.25) is 0 Å². The Bertz CT molecular complexity index is 570. The highest BCUT2D eigenvalue weighted by atomic mass is 79.9. The Morgan fingerprint density at radius 2 is 2.17 bits per heavy atom. The molecule has 1 aromatic carbocycles. The Labute approximate surface area is 115 Å². The lowest BCUT2D eigenvalue weighted by Crippen LogP contribution is -2.06. The molecule has 0 amide bonds. The van der Waals surface area contributed by atoms with Crippen LogP contribution in [-0.4, -0.2) is 9.78 Å². The number of hydrogen-bond donors (Lipinski definition) is 1. The summed E-state index contributed by atoms with van der Waals surface area (Å²) in [5.74, 6) is 0.693. The smallest absolute Gasteiger partial charge is 0.0659 e. The fourth-order valence-electron chi connectivity index (χ4n) is 2.11. The summed E-state index contributed by atoms with van der Waals surface area (Å²) in [5.41, 5.74) is 9.30. The predicted molar refractivity (Wildman–Crippen MR) is 75.8 cm³/mol. The Balaban J connectivity index is 1.93. The number of rotatable bonds is 3. The number of benzene rings is 1. The van der Waals surface area contributed by atoms with Gasteiger partial charge in [0.1, 0.15) is 0 Å². The lowest BCUT2D eigenvalue weighted by atomic mass is 10.1. The van der Waals surface area contributed by atoms with Crippen LogP contribution in [-0.2, 0) is 0 Å². The Hall–Kier alpha value is -1.13. The van der Waals surface area contributed by atoms with Gasteiger partial charge in [0, 0.05) is 22.6 Å². The fraction of sp³-hybridized carbons (Fsp3) is 0.357. The van der Waals surface area contributed by atoms with E-state index in [0.29, 0.717) is 5.92 Å². The highest BCUT2D eigenvalue weighted by molar-refractivity contribution is 9.10. The third kappa shape index (κ3) is 2.22. The molecule has 2 aromatic rings. The van der Waals surface area contributed by atoms with Gasteiger partial charge in [-0.15, -0.1) is 0 Å². The minimum absolute atomic E-state index is 0.0353. The van der Waals surface area contributed by atoms with Gasteiger partial charge in [0.2, 0.25) is 0 Å². The average molecular weight is 306 g/mol. The van der Waals surface area contributed by atoms with Crippen LogP contribution in [0.15, 0.2) is 34.9 Å². The molecule has 1 atom stereocenters. The summed E-state index contributed by atoms with van der Waals surface area (Å²) in [6.07, 6.45) is 4.59. The molecule has 0 unspecified atom stereocenters. The summed E-state index contributed by atoms with van der Waals surface area (Å²) in [6, 6.07) is 8.34. The lowest BCUT2D eigenvalue weighted by molar-refractivity contribution is 0.805. The standard InChI is InChI=1S/C14H16BrN3/c1-9(16)12-5-4-11(8-13(12)15)18-7-6-14(17-18)10-2-3-10/h4-10H,2-3,16H2,1H3/t9-/m1/s1. The molecule has 1 heterocycles. The summed E-state index contributed by atoms with van der Waals surface area (Å²) < 4.78 is 2.97. The molecule has 1 saturated carbocycles. The molecule has 0 aliphatic heterocycles. The molecule has 0 bridgehead atoms. The van der Waals surface area contributed by atoms with Crippen LogP contribution in [0.5, 0.6) is 0 Å². The zero-order valence-electron chi connectivity index (χ0n) is 10.3. The van der Waals surface area contributed by atoms with Crippen LogP contribution in [0.1, 0.15) is 43.0 Å². The summed E-state index contributed by atoms with van der Waals surface area (Å²) >= 11 is 3.57. The molecule has 2 N–H and O–H groups in total. The van der Waals surface area contributed by atoms with Crippen molar-refractivity contribution >= 4 is 15.9 Å². The van der Waals surface area contributed by atoms with Gasteiger partial charge in [-0.25, -0.2) is 4.68 Å². The summed E-state index contributed by atoms with van der Waals surface area (Å²) in [6.45, 7) is 1.98. The van der Waals surface area contributed by atoms with Crippen LogP contribution >= 0.6 is 15.9 Å². The molecule has 94 valence electrons. The average Bonchev–Trinajstić information content (AvgIpc) is 3.06. The van der Waals surface area contributed by atoms with Gasteiger partial charge in [0.05, 0.1) is 11.4 Å². The van der Waals surface area contributed by atoms with Crippen molar-refractivity contribution in [3.8, 4) is 5.69 Å². The molecule has 18 heavy (non-hydrogen) atoms. The van der Waals surface area contributed by atoms with E-state index in [0.717, 1.165) is 15.7 Å². The van der Waals surface area contributed by atoms with E-state index in [9.17, 15) is 0 Å². The van der Waals surface area contributed by atoms with Gasteiger partial charge in [-0.2, -0.15) is 5.10 Å². The topological polar surface area (TPSA) is 43.8 Å². The van der Waals surface area contributed by atoms with Crippen molar-refractivity contribution in [3.05, 3.63) is 46.2 Å². The SMILES string of the molecule is C[C@@H](N)c1ccc(-n2ccc(C3CC3)n2)cc1Br. The van der Waals surface area contributed by atoms with Gasteiger partial charge in [0.15, 0.2) is 0 Å². The minimum atomic E-state index is 0.0353.